The van der Waals surface area contributed by atoms with Gasteiger partial charge in [-0.15, -0.1) is 0 Å². The number of rotatable bonds is 6. The van der Waals surface area contributed by atoms with Crippen molar-refractivity contribution in [1.29, 1.82) is 0 Å². The van der Waals surface area contributed by atoms with Crippen LogP contribution < -0.4 is 20.5 Å². The fourth-order valence-electron chi connectivity index (χ4n) is 3.96. The zero-order valence-electron chi connectivity index (χ0n) is 18.5. The van der Waals surface area contributed by atoms with E-state index in [1.807, 2.05) is 0 Å². The predicted octanol–water partition coefficient (Wildman–Crippen LogP) is 2.19. The number of hydrogen-bond donors (Lipinski definition) is 1. The quantitative estimate of drug-likeness (QED) is 0.580. The highest BCUT2D eigenvalue weighted by molar-refractivity contribution is 7.89. The Bertz CT molecular complexity index is 1360. The van der Waals surface area contributed by atoms with Crippen molar-refractivity contribution in [1.82, 2.24) is 8.87 Å². The first-order chi connectivity index (χ1) is 15.7. The van der Waals surface area contributed by atoms with E-state index in [0.29, 0.717) is 42.1 Å². The molecule has 0 saturated carbocycles. The second kappa shape index (κ2) is 8.91. The van der Waals surface area contributed by atoms with Gasteiger partial charge in [-0.25, -0.2) is 13.2 Å². The lowest BCUT2D eigenvalue weighted by Crippen LogP contribution is -2.43. The van der Waals surface area contributed by atoms with Crippen LogP contribution in [0.4, 0.5) is 5.69 Å². The minimum atomic E-state index is -3.87. The molecule has 1 amide bonds. The smallest absolute Gasteiger partial charge is 0.419 e. The maximum absolute atomic E-state index is 13.2. The molecule has 0 spiro atoms. The van der Waals surface area contributed by atoms with Crippen molar-refractivity contribution in [3.63, 3.8) is 0 Å². The van der Waals surface area contributed by atoms with Crippen LogP contribution in [0.2, 0.25) is 0 Å². The van der Waals surface area contributed by atoms with Gasteiger partial charge < -0.3 is 19.2 Å². The van der Waals surface area contributed by atoms with Crippen molar-refractivity contribution in [2.24, 2.45) is 13.0 Å². The van der Waals surface area contributed by atoms with E-state index in [4.69, 9.17) is 13.9 Å². The van der Waals surface area contributed by atoms with E-state index in [9.17, 15) is 18.0 Å². The van der Waals surface area contributed by atoms with Gasteiger partial charge in [0, 0.05) is 38.0 Å². The molecule has 1 aliphatic rings. The maximum Gasteiger partial charge on any atom is 0.419 e. The molecule has 1 aliphatic heterocycles. The number of piperidine rings is 1. The number of anilines is 1. The lowest BCUT2D eigenvalue weighted by Gasteiger charge is -2.31. The Morgan fingerprint density at radius 3 is 2.61 bits per heavy atom. The summed E-state index contributed by atoms with van der Waals surface area (Å²) in [5.41, 5.74) is 1.23. The number of nitrogens with one attached hydrogen (secondary N) is 1. The molecule has 1 aromatic heterocycles. The van der Waals surface area contributed by atoms with Crippen LogP contribution in [0.1, 0.15) is 12.8 Å². The highest BCUT2D eigenvalue weighted by atomic mass is 32.2. The molecule has 176 valence electrons. The van der Waals surface area contributed by atoms with Crippen LogP contribution in [0, 0.1) is 5.92 Å². The standard InChI is InChI=1S/C22H25N3O7S/c1-24-17-8-7-16(12-19(17)32-22(24)27)33(28,29)25-10-4-5-14(13-25)21(26)23-15-6-9-18(30-2)20(11-15)31-3/h6-9,11-12,14H,4-5,10,13H2,1-3H3,(H,23,26)/t14-/m0/s1. The van der Waals surface area contributed by atoms with E-state index < -0.39 is 21.7 Å². The fraction of sp³-hybridized carbons (Fsp3) is 0.364. The molecule has 2 aromatic carbocycles. The molecule has 0 radical (unpaired) electrons. The number of fused-ring (bicyclic) bond motifs is 1. The van der Waals surface area contributed by atoms with Crippen molar-refractivity contribution in [2.45, 2.75) is 17.7 Å². The Balaban J connectivity index is 1.52. The normalized spacial score (nSPS) is 17.1. The highest BCUT2D eigenvalue weighted by Gasteiger charge is 2.33. The number of sulfonamides is 1. The third-order valence-electron chi connectivity index (χ3n) is 5.81. The topological polar surface area (TPSA) is 120 Å². The van der Waals surface area contributed by atoms with Crippen molar-refractivity contribution >= 4 is 32.7 Å². The monoisotopic (exact) mass is 475 g/mol. The first kappa shape index (κ1) is 22.9. The van der Waals surface area contributed by atoms with Crippen molar-refractivity contribution < 1.29 is 27.1 Å². The summed E-state index contributed by atoms with van der Waals surface area (Å²) in [6, 6.07) is 9.36. The van der Waals surface area contributed by atoms with Gasteiger partial charge in [-0.05, 0) is 37.1 Å². The number of amides is 1. The van der Waals surface area contributed by atoms with Crippen molar-refractivity contribution in [3.05, 3.63) is 46.9 Å². The summed E-state index contributed by atoms with van der Waals surface area (Å²) in [5.74, 6) is -0.334. The number of nitrogens with zero attached hydrogens (tertiary/aromatic N) is 2. The number of hydrogen-bond acceptors (Lipinski definition) is 7. The van der Waals surface area contributed by atoms with Gasteiger partial charge in [0.2, 0.25) is 15.9 Å². The van der Waals surface area contributed by atoms with Crippen molar-refractivity contribution in [2.75, 3.05) is 32.6 Å². The van der Waals surface area contributed by atoms with E-state index in [-0.39, 0.29) is 22.9 Å². The second-order valence-corrected chi connectivity index (χ2v) is 9.76. The van der Waals surface area contributed by atoms with Crippen LogP contribution >= 0.6 is 0 Å². The molecule has 1 fully saturated rings. The summed E-state index contributed by atoms with van der Waals surface area (Å²) < 4.78 is 44.7. The molecule has 1 atom stereocenters. The Morgan fingerprint density at radius 1 is 1.12 bits per heavy atom. The number of oxazole rings is 1. The first-order valence-electron chi connectivity index (χ1n) is 10.4. The number of aryl methyl sites for hydroxylation is 1. The fourth-order valence-corrected chi connectivity index (χ4v) is 5.50. The van der Waals surface area contributed by atoms with Crippen LogP contribution in [0.3, 0.4) is 0 Å². The molecular weight excluding hydrogens is 450 g/mol. The number of methoxy groups -OCH3 is 2. The average Bonchev–Trinajstić information content (AvgIpc) is 3.11. The summed E-state index contributed by atoms with van der Waals surface area (Å²) in [6.07, 6.45) is 1.11. The van der Waals surface area contributed by atoms with E-state index >= 15 is 0 Å². The summed E-state index contributed by atoms with van der Waals surface area (Å²) in [5, 5.41) is 2.83. The molecule has 1 N–H and O–H groups in total. The summed E-state index contributed by atoms with van der Waals surface area (Å²) in [4.78, 5) is 24.6. The van der Waals surface area contributed by atoms with Gasteiger partial charge in [-0.1, -0.05) is 0 Å². The van der Waals surface area contributed by atoms with Gasteiger partial charge in [0.05, 0.1) is 30.5 Å². The summed E-state index contributed by atoms with van der Waals surface area (Å²) in [6.45, 7) is 0.359. The minimum absolute atomic E-state index is 0.0188. The van der Waals surface area contributed by atoms with Gasteiger partial charge in [-0.3, -0.25) is 9.36 Å². The number of benzene rings is 2. The molecule has 0 unspecified atom stereocenters. The Kier molecular flexibility index (Phi) is 6.17. The van der Waals surface area contributed by atoms with E-state index in [1.165, 1.54) is 41.3 Å². The minimum Gasteiger partial charge on any atom is -0.493 e. The number of aromatic nitrogens is 1. The van der Waals surface area contributed by atoms with E-state index in [2.05, 4.69) is 5.32 Å². The van der Waals surface area contributed by atoms with E-state index in [0.717, 1.165) is 0 Å². The Morgan fingerprint density at radius 2 is 1.88 bits per heavy atom. The van der Waals surface area contributed by atoms with Crippen LogP contribution in [-0.2, 0) is 21.9 Å². The van der Waals surface area contributed by atoms with Crippen LogP contribution in [-0.4, -0.2) is 50.5 Å². The average molecular weight is 476 g/mol. The molecule has 33 heavy (non-hydrogen) atoms. The highest BCUT2D eigenvalue weighted by Crippen LogP contribution is 2.31. The number of carbonyl (C=O) groups is 1. The van der Waals surface area contributed by atoms with Gasteiger partial charge >= 0.3 is 5.76 Å². The zero-order chi connectivity index (χ0) is 23.8. The lowest BCUT2D eigenvalue weighted by atomic mass is 9.98. The van der Waals surface area contributed by atoms with E-state index in [1.54, 1.807) is 25.2 Å². The first-order valence-corrected chi connectivity index (χ1v) is 11.8. The second-order valence-electron chi connectivity index (χ2n) is 7.82. The van der Waals surface area contributed by atoms with Gasteiger partial charge in [0.1, 0.15) is 0 Å². The van der Waals surface area contributed by atoms with Crippen molar-refractivity contribution in [3.8, 4) is 11.5 Å². The molecule has 10 nitrogen and oxygen atoms in total. The van der Waals surface area contributed by atoms with Gasteiger partial charge in [0.15, 0.2) is 17.1 Å². The third-order valence-corrected chi connectivity index (χ3v) is 7.67. The van der Waals surface area contributed by atoms with Gasteiger partial charge in [0.25, 0.3) is 0 Å². The molecule has 1 saturated heterocycles. The molecule has 0 aliphatic carbocycles. The van der Waals surface area contributed by atoms with Crippen LogP contribution in [0.5, 0.6) is 11.5 Å². The van der Waals surface area contributed by atoms with Gasteiger partial charge in [-0.2, -0.15) is 4.31 Å². The molecule has 2 heterocycles. The molecule has 0 bridgehead atoms. The summed E-state index contributed by atoms with van der Waals surface area (Å²) >= 11 is 0. The number of ether oxygens (including phenoxy) is 2. The summed E-state index contributed by atoms with van der Waals surface area (Å²) in [7, 11) is 0.709. The molecule has 4 rings (SSSR count). The van der Waals surface area contributed by atoms with Crippen LogP contribution in [0.15, 0.2) is 50.5 Å². The third kappa shape index (κ3) is 4.33. The predicted molar refractivity (Wildman–Crippen MR) is 121 cm³/mol. The lowest BCUT2D eigenvalue weighted by molar-refractivity contribution is -0.120. The van der Waals surface area contributed by atoms with Crippen LogP contribution in [0.25, 0.3) is 11.1 Å². The largest absolute Gasteiger partial charge is 0.493 e. The molecule has 11 heteroatoms. The zero-order valence-corrected chi connectivity index (χ0v) is 19.3. The maximum atomic E-state index is 13.2. The molecule has 3 aromatic rings. The Labute approximate surface area is 190 Å². The Hall–Kier alpha value is -3.31. The molecular formula is C22H25N3O7S. The SMILES string of the molecule is COc1ccc(NC(=O)[C@H]2CCCN(S(=O)(=O)c3ccc4c(c3)oc(=O)n4C)C2)cc1OC. The number of carbonyl (C=O) groups excluding carboxylic acids is 1.